The standard InChI is InChI=1S/C16H22FNO/c1-3-4-11(2)16(19)18-15-8-6-12-9-14(17)7-5-13(12)10-15/h5,7,9,11,15H,3-4,6,8,10H2,1-2H3,(H,18,19). The van der Waals surface area contributed by atoms with Crippen molar-refractivity contribution in [3.05, 3.63) is 35.1 Å². The van der Waals surface area contributed by atoms with Crippen molar-refractivity contribution in [1.82, 2.24) is 5.32 Å². The lowest BCUT2D eigenvalue weighted by Crippen LogP contribution is -2.41. The van der Waals surface area contributed by atoms with Crippen LogP contribution < -0.4 is 5.32 Å². The first-order valence-electron chi connectivity index (χ1n) is 7.17. The molecule has 0 bridgehead atoms. The van der Waals surface area contributed by atoms with Crippen molar-refractivity contribution < 1.29 is 9.18 Å². The highest BCUT2D eigenvalue weighted by molar-refractivity contribution is 5.78. The van der Waals surface area contributed by atoms with Gasteiger partial charge in [0.2, 0.25) is 5.91 Å². The Bertz CT molecular complexity index is 458. The Hall–Kier alpha value is -1.38. The van der Waals surface area contributed by atoms with Gasteiger partial charge >= 0.3 is 0 Å². The lowest BCUT2D eigenvalue weighted by molar-refractivity contribution is -0.125. The molecule has 0 spiro atoms. The van der Waals surface area contributed by atoms with Gasteiger partial charge in [-0.15, -0.1) is 0 Å². The Morgan fingerprint density at radius 3 is 3.00 bits per heavy atom. The summed E-state index contributed by atoms with van der Waals surface area (Å²) in [6, 6.07) is 5.17. The Morgan fingerprint density at radius 1 is 1.47 bits per heavy atom. The Labute approximate surface area is 114 Å². The lowest BCUT2D eigenvalue weighted by atomic mass is 9.88. The molecule has 0 aromatic heterocycles. The summed E-state index contributed by atoms with van der Waals surface area (Å²) in [7, 11) is 0. The average molecular weight is 263 g/mol. The molecule has 0 aliphatic heterocycles. The SMILES string of the molecule is CCCC(C)C(=O)NC1CCc2cc(F)ccc2C1. The number of hydrogen-bond acceptors (Lipinski definition) is 1. The van der Waals surface area contributed by atoms with Crippen LogP contribution in [0.15, 0.2) is 18.2 Å². The van der Waals surface area contributed by atoms with Crippen LogP contribution in [0.5, 0.6) is 0 Å². The smallest absolute Gasteiger partial charge is 0.223 e. The maximum absolute atomic E-state index is 13.1. The number of benzene rings is 1. The van der Waals surface area contributed by atoms with Gasteiger partial charge in [0.15, 0.2) is 0 Å². The molecule has 104 valence electrons. The van der Waals surface area contributed by atoms with Crippen LogP contribution in [0.2, 0.25) is 0 Å². The highest BCUT2D eigenvalue weighted by Gasteiger charge is 2.22. The predicted octanol–water partition coefficient (Wildman–Crippen LogP) is 3.24. The molecular formula is C16H22FNO. The molecule has 2 nitrogen and oxygen atoms in total. The van der Waals surface area contributed by atoms with Crippen LogP contribution in [0.25, 0.3) is 0 Å². The quantitative estimate of drug-likeness (QED) is 0.887. The van der Waals surface area contributed by atoms with Crippen molar-refractivity contribution in [2.75, 3.05) is 0 Å². The fraction of sp³-hybridized carbons (Fsp3) is 0.562. The highest BCUT2D eigenvalue weighted by atomic mass is 19.1. The number of fused-ring (bicyclic) bond motifs is 1. The van der Waals surface area contributed by atoms with Crippen molar-refractivity contribution in [3.63, 3.8) is 0 Å². The zero-order chi connectivity index (χ0) is 13.8. The summed E-state index contributed by atoms with van der Waals surface area (Å²) < 4.78 is 13.1. The van der Waals surface area contributed by atoms with E-state index in [0.717, 1.165) is 37.7 Å². The first-order chi connectivity index (χ1) is 9.10. The van der Waals surface area contributed by atoms with E-state index < -0.39 is 0 Å². The fourth-order valence-corrected chi connectivity index (χ4v) is 2.75. The molecule has 0 radical (unpaired) electrons. The molecular weight excluding hydrogens is 241 g/mol. The van der Waals surface area contributed by atoms with Crippen LogP contribution in [0.1, 0.15) is 44.2 Å². The maximum atomic E-state index is 13.1. The molecule has 0 fully saturated rings. The van der Waals surface area contributed by atoms with Gasteiger partial charge in [0, 0.05) is 12.0 Å². The number of hydrogen-bond donors (Lipinski definition) is 1. The molecule has 3 heteroatoms. The van der Waals surface area contributed by atoms with Gasteiger partial charge in [-0.1, -0.05) is 26.3 Å². The van der Waals surface area contributed by atoms with Crippen molar-refractivity contribution in [2.45, 2.75) is 52.0 Å². The first-order valence-corrected chi connectivity index (χ1v) is 7.17. The van der Waals surface area contributed by atoms with Crippen LogP contribution in [0.4, 0.5) is 4.39 Å². The minimum atomic E-state index is -0.169. The summed E-state index contributed by atoms with van der Waals surface area (Å²) >= 11 is 0. The molecule has 2 atom stereocenters. The molecule has 1 aliphatic carbocycles. The zero-order valence-electron chi connectivity index (χ0n) is 11.7. The Kier molecular flexibility index (Phi) is 4.56. The third kappa shape index (κ3) is 3.55. The Balaban J connectivity index is 1.95. The summed E-state index contributed by atoms with van der Waals surface area (Å²) in [6.45, 7) is 4.07. The van der Waals surface area contributed by atoms with E-state index >= 15 is 0 Å². The van der Waals surface area contributed by atoms with Gasteiger partial charge in [0.25, 0.3) is 0 Å². The van der Waals surface area contributed by atoms with Gasteiger partial charge in [0.05, 0.1) is 0 Å². The van der Waals surface area contributed by atoms with E-state index in [2.05, 4.69) is 12.2 Å². The monoisotopic (exact) mass is 263 g/mol. The number of halogens is 1. The van der Waals surface area contributed by atoms with Gasteiger partial charge < -0.3 is 5.32 Å². The molecule has 1 aliphatic rings. The van der Waals surface area contributed by atoms with Gasteiger partial charge in [0.1, 0.15) is 5.82 Å². The van der Waals surface area contributed by atoms with Gasteiger partial charge in [-0.3, -0.25) is 4.79 Å². The van der Waals surface area contributed by atoms with Gasteiger partial charge in [-0.2, -0.15) is 0 Å². The largest absolute Gasteiger partial charge is 0.353 e. The lowest BCUT2D eigenvalue weighted by Gasteiger charge is -2.26. The van der Waals surface area contributed by atoms with Crippen LogP contribution in [0, 0.1) is 11.7 Å². The summed E-state index contributed by atoms with van der Waals surface area (Å²) in [5.41, 5.74) is 2.26. The highest BCUT2D eigenvalue weighted by Crippen LogP contribution is 2.22. The number of carbonyl (C=O) groups is 1. The molecule has 1 aromatic carbocycles. The van der Waals surface area contributed by atoms with Gasteiger partial charge in [-0.05, 0) is 48.9 Å². The van der Waals surface area contributed by atoms with E-state index in [9.17, 15) is 9.18 Å². The second-order valence-electron chi connectivity index (χ2n) is 5.55. The zero-order valence-corrected chi connectivity index (χ0v) is 11.7. The van der Waals surface area contributed by atoms with E-state index in [1.165, 1.54) is 11.6 Å². The molecule has 1 N–H and O–H groups in total. The molecule has 19 heavy (non-hydrogen) atoms. The van der Waals surface area contributed by atoms with Crippen LogP contribution in [-0.4, -0.2) is 11.9 Å². The molecule has 1 aromatic rings. The summed E-state index contributed by atoms with van der Waals surface area (Å²) in [4.78, 5) is 12.0. The van der Waals surface area contributed by atoms with Crippen molar-refractivity contribution in [3.8, 4) is 0 Å². The van der Waals surface area contributed by atoms with E-state index in [1.54, 1.807) is 6.07 Å². The van der Waals surface area contributed by atoms with Crippen LogP contribution in [0.3, 0.4) is 0 Å². The third-order valence-electron chi connectivity index (χ3n) is 3.91. The minimum Gasteiger partial charge on any atom is -0.353 e. The van der Waals surface area contributed by atoms with E-state index in [-0.39, 0.29) is 23.7 Å². The second kappa shape index (κ2) is 6.18. The van der Waals surface area contributed by atoms with Gasteiger partial charge in [-0.25, -0.2) is 4.39 Å². The predicted molar refractivity (Wildman–Crippen MR) is 74.4 cm³/mol. The van der Waals surface area contributed by atoms with Crippen molar-refractivity contribution >= 4 is 5.91 Å². The number of aryl methyl sites for hydroxylation is 1. The van der Waals surface area contributed by atoms with Crippen LogP contribution in [-0.2, 0) is 17.6 Å². The van der Waals surface area contributed by atoms with Crippen molar-refractivity contribution in [1.29, 1.82) is 0 Å². The number of nitrogens with one attached hydrogen (secondary N) is 1. The topological polar surface area (TPSA) is 29.1 Å². The normalized spacial score (nSPS) is 19.6. The van der Waals surface area contributed by atoms with E-state index in [1.807, 2.05) is 13.0 Å². The summed E-state index contributed by atoms with van der Waals surface area (Å²) in [6.07, 6.45) is 4.53. The Morgan fingerprint density at radius 2 is 2.26 bits per heavy atom. The van der Waals surface area contributed by atoms with Crippen LogP contribution >= 0.6 is 0 Å². The van der Waals surface area contributed by atoms with E-state index in [4.69, 9.17) is 0 Å². The molecule has 0 heterocycles. The van der Waals surface area contributed by atoms with E-state index in [0.29, 0.717) is 0 Å². The number of carbonyl (C=O) groups excluding carboxylic acids is 1. The molecule has 2 unspecified atom stereocenters. The molecule has 1 amide bonds. The summed E-state index contributed by atoms with van der Waals surface area (Å²) in [5, 5.41) is 3.13. The first kappa shape index (κ1) is 14.0. The summed E-state index contributed by atoms with van der Waals surface area (Å²) in [5.74, 6) is 0.0647. The number of rotatable bonds is 4. The fourth-order valence-electron chi connectivity index (χ4n) is 2.75. The maximum Gasteiger partial charge on any atom is 0.223 e. The van der Waals surface area contributed by atoms with Crippen molar-refractivity contribution in [2.24, 2.45) is 5.92 Å². The molecule has 0 saturated carbocycles. The average Bonchev–Trinajstić information content (AvgIpc) is 2.39. The molecule has 0 saturated heterocycles. The third-order valence-corrected chi connectivity index (χ3v) is 3.91. The minimum absolute atomic E-state index is 0.0830. The second-order valence-corrected chi connectivity index (χ2v) is 5.55. The molecule has 2 rings (SSSR count). The number of amides is 1.